The molecule has 1 saturated carbocycles. The number of benzene rings is 2. The summed E-state index contributed by atoms with van der Waals surface area (Å²) in [4.78, 5) is 17.3. The van der Waals surface area contributed by atoms with Gasteiger partial charge in [0.05, 0.1) is 5.25 Å². The lowest BCUT2D eigenvalue weighted by atomic mass is 10.1. The minimum Gasteiger partial charge on any atom is -0.431 e. The van der Waals surface area contributed by atoms with E-state index in [1.807, 2.05) is 67.6 Å². The third kappa shape index (κ3) is 4.30. The molecule has 1 aliphatic carbocycles. The smallest absolute Gasteiger partial charge is 0.257 e. The number of amides is 1. The number of nitrogens with zero attached hydrogens (tertiary/aromatic N) is 1. The average molecular weight is 393 g/mol. The number of rotatable bonds is 6. The highest BCUT2D eigenvalue weighted by molar-refractivity contribution is 8.00. The molecule has 0 bridgehead atoms. The summed E-state index contributed by atoms with van der Waals surface area (Å²) in [5, 5.41) is 3.42. The van der Waals surface area contributed by atoms with E-state index in [9.17, 15) is 4.79 Å². The Bertz CT molecular complexity index is 861. The lowest BCUT2D eigenvalue weighted by Gasteiger charge is -2.15. The molecule has 3 aromatic rings. The predicted octanol–water partition coefficient (Wildman–Crippen LogP) is 5.55. The minimum atomic E-state index is -0.258. The fraction of sp³-hybridized carbons (Fsp3) is 0.304. The van der Waals surface area contributed by atoms with Crippen molar-refractivity contribution in [2.24, 2.45) is 0 Å². The highest BCUT2D eigenvalue weighted by atomic mass is 32.2. The molecule has 0 saturated heterocycles. The fourth-order valence-corrected chi connectivity index (χ4v) is 4.27. The van der Waals surface area contributed by atoms with Crippen LogP contribution in [0.1, 0.15) is 32.6 Å². The molecule has 1 N–H and O–H groups in total. The van der Waals surface area contributed by atoms with Crippen LogP contribution >= 0.6 is 11.8 Å². The largest absolute Gasteiger partial charge is 0.431 e. The zero-order chi connectivity index (χ0) is 19.3. The van der Waals surface area contributed by atoms with E-state index in [1.54, 1.807) is 0 Å². The minimum absolute atomic E-state index is 0.0534. The SMILES string of the molecule is CC(Sc1nc(-c2ccccc2)c(-c2ccccc2)o1)C(=O)NC1CCCC1. The van der Waals surface area contributed by atoms with Crippen LogP contribution in [0.25, 0.3) is 22.6 Å². The van der Waals surface area contributed by atoms with Gasteiger partial charge in [-0.15, -0.1) is 0 Å². The maximum Gasteiger partial charge on any atom is 0.257 e. The second-order valence-electron chi connectivity index (χ2n) is 7.14. The van der Waals surface area contributed by atoms with Crippen molar-refractivity contribution in [3.63, 3.8) is 0 Å². The summed E-state index contributed by atoms with van der Waals surface area (Å²) in [6.07, 6.45) is 4.57. The highest BCUT2D eigenvalue weighted by Gasteiger charge is 2.24. The van der Waals surface area contributed by atoms with Crippen molar-refractivity contribution in [1.29, 1.82) is 0 Å². The Kier molecular flexibility index (Phi) is 5.81. The molecule has 144 valence electrons. The first-order valence-electron chi connectivity index (χ1n) is 9.79. The van der Waals surface area contributed by atoms with Gasteiger partial charge in [-0.2, -0.15) is 0 Å². The summed E-state index contributed by atoms with van der Waals surface area (Å²) in [6.45, 7) is 1.91. The molecule has 1 aliphatic rings. The van der Waals surface area contributed by atoms with Gasteiger partial charge in [0.2, 0.25) is 5.91 Å². The van der Waals surface area contributed by atoms with E-state index in [1.165, 1.54) is 24.6 Å². The Morgan fingerprint density at radius 3 is 2.29 bits per heavy atom. The number of oxazole rings is 1. The molecule has 4 nitrogen and oxygen atoms in total. The molecule has 0 spiro atoms. The molecule has 1 aromatic heterocycles. The van der Waals surface area contributed by atoms with Gasteiger partial charge in [0, 0.05) is 17.2 Å². The van der Waals surface area contributed by atoms with E-state index < -0.39 is 0 Å². The van der Waals surface area contributed by atoms with Gasteiger partial charge in [0.1, 0.15) is 5.69 Å². The zero-order valence-corrected chi connectivity index (χ0v) is 16.7. The Morgan fingerprint density at radius 2 is 1.64 bits per heavy atom. The third-order valence-electron chi connectivity index (χ3n) is 5.04. The van der Waals surface area contributed by atoms with Gasteiger partial charge in [0.25, 0.3) is 5.22 Å². The Labute approximate surface area is 169 Å². The number of hydrogen-bond acceptors (Lipinski definition) is 4. The first-order chi connectivity index (χ1) is 13.7. The molecule has 0 aliphatic heterocycles. The lowest BCUT2D eigenvalue weighted by Crippen LogP contribution is -2.37. The molecular weight excluding hydrogens is 368 g/mol. The maximum absolute atomic E-state index is 12.5. The van der Waals surface area contributed by atoms with Crippen molar-refractivity contribution in [3.8, 4) is 22.6 Å². The fourth-order valence-electron chi connectivity index (χ4n) is 3.52. The topological polar surface area (TPSA) is 55.1 Å². The van der Waals surface area contributed by atoms with Crippen LogP contribution in [-0.2, 0) is 4.79 Å². The van der Waals surface area contributed by atoms with Crippen molar-refractivity contribution < 1.29 is 9.21 Å². The van der Waals surface area contributed by atoms with Crippen molar-refractivity contribution >= 4 is 17.7 Å². The Morgan fingerprint density at radius 1 is 1.04 bits per heavy atom. The van der Waals surface area contributed by atoms with Crippen LogP contribution in [0.15, 0.2) is 70.3 Å². The van der Waals surface area contributed by atoms with Crippen LogP contribution in [0, 0.1) is 0 Å². The van der Waals surface area contributed by atoms with Gasteiger partial charge in [-0.1, -0.05) is 85.3 Å². The van der Waals surface area contributed by atoms with Gasteiger partial charge in [0.15, 0.2) is 5.76 Å². The van der Waals surface area contributed by atoms with Crippen LogP contribution in [-0.4, -0.2) is 22.2 Å². The number of carbonyl (C=O) groups excluding carboxylic acids is 1. The molecule has 1 unspecified atom stereocenters. The van der Waals surface area contributed by atoms with Crippen LogP contribution < -0.4 is 5.32 Å². The Hall–Kier alpha value is -2.53. The summed E-state index contributed by atoms with van der Waals surface area (Å²) < 4.78 is 6.12. The molecular formula is C23H24N2O2S. The Balaban J connectivity index is 1.57. The van der Waals surface area contributed by atoms with Crippen molar-refractivity contribution in [3.05, 3.63) is 60.7 Å². The number of aromatic nitrogens is 1. The first kappa shape index (κ1) is 18.8. The lowest BCUT2D eigenvalue weighted by molar-refractivity contribution is -0.120. The van der Waals surface area contributed by atoms with Crippen molar-refractivity contribution in [2.45, 2.75) is 49.1 Å². The third-order valence-corrected chi connectivity index (χ3v) is 5.98. The molecule has 1 heterocycles. The number of thioether (sulfide) groups is 1. The molecule has 28 heavy (non-hydrogen) atoms. The van der Waals surface area contributed by atoms with E-state index >= 15 is 0 Å². The molecule has 0 radical (unpaired) electrons. The van der Waals surface area contributed by atoms with Crippen LogP contribution in [0.5, 0.6) is 0 Å². The highest BCUT2D eigenvalue weighted by Crippen LogP contribution is 2.36. The van der Waals surface area contributed by atoms with Crippen LogP contribution in [0.4, 0.5) is 0 Å². The monoisotopic (exact) mass is 392 g/mol. The van der Waals surface area contributed by atoms with E-state index in [4.69, 9.17) is 9.40 Å². The van der Waals surface area contributed by atoms with Gasteiger partial charge in [-0.25, -0.2) is 4.98 Å². The van der Waals surface area contributed by atoms with E-state index in [2.05, 4.69) is 5.32 Å². The van der Waals surface area contributed by atoms with Gasteiger partial charge in [-0.3, -0.25) is 4.79 Å². The van der Waals surface area contributed by atoms with Crippen molar-refractivity contribution in [1.82, 2.24) is 10.3 Å². The normalized spacial score (nSPS) is 15.5. The summed E-state index contributed by atoms with van der Waals surface area (Å²) >= 11 is 1.37. The van der Waals surface area contributed by atoms with E-state index in [0.29, 0.717) is 11.3 Å². The molecule has 1 amide bonds. The van der Waals surface area contributed by atoms with E-state index in [0.717, 1.165) is 35.4 Å². The molecule has 5 heteroatoms. The van der Waals surface area contributed by atoms with Crippen LogP contribution in [0.3, 0.4) is 0 Å². The van der Waals surface area contributed by atoms with Gasteiger partial charge in [-0.05, 0) is 19.8 Å². The van der Waals surface area contributed by atoms with E-state index in [-0.39, 0.29) is 11.2 Å². The number of carbonyl (C=O) groups is 1. The first-order valence-corrected chi connectivity index (χ1v) is 10.7. The summed E-state index contributed by atoms with van der Waals surface area (Å²) in [7, 11) is 0. The predicted molar refractivity (Wildman–Crippen MR) is 113 cm³/mol. The van der Waals surface area contributed by atoms with Crippen molar-refractivity contribution in [2.75, 3.05) is 0 Å². The summed E-state index contributed by atoms with van der Waals surface area (Å²) in [5.41, 5.74) is 2.78. The second-order valence-corrected chi connectivity index (χ2v) is 8.43. The quantitative estimate of drug-likeness (QED) is 0.559. The molecule has 2 aromatic carbocycles. The second kappa shape index (κ2) is 8.65. The number of hydrogen-bond donors (Lipinski definition) is 1. The van der Waals surface area contributed by atoms with Gasteiger partial charge < -0.3 is 9.73 Å². The standard InChI is InChI=1S/C23H24N2O2S/c1-16(22(26)24-19-14-8-9-15-19)28-23-25-20(17-10-4-2-5-11-17)21(27-23)18-12-6-3-7-13-18/h2-7,10-13,16,19H,8-9,14-15H2,1H3,(H,24,26). The number of nitrogens with one attached hydrogen (secondary N) is 1. The average Bonchev–Trinajstić information content (AvgIpc) is 3.39. The van der Waals surface area contributed by atoms with Crippen LogP contribution in [0.2, 0.25) is 0 Å². The summed E-state index contributed by atoms with van der Waals surface area (Å²) in [5.74, 6) is 0.787. The molecule has 1 atom stereocenters. The van der Waals surface area contributed by atoms with Gasteiger partial charge >= 0.3 is 0 Å². The summed E-state index contributed by atoms with van der Waals surface area (Å²) in [6, 6.07) is 20.3. The molecule has 1 fully saturated rings. The molecule has 4 rings (SSSR count). The zero-order valence-electron chi connectivity index (χ0n) is 15.9. The maximum atomic E-state index is 12.5.